The Morgan fingerprint density at radius 3 is 1.70 bits per heavy atom. The van der Waals surface area contributed by atoms with Gasteiger partial charge in [0.1, 0.15) is 35.9 Å². The number of aryl methyl sites for hydroxylation is 2. The van der Waals surface area contributed by atoms with Gasteiger partial charge in [-0.25, -0.2) is 0 Å². The van der Waals surface area contributed by atoms with Gasteiger partial charge in [-0.3, -0.25) is 0 Å². The lowest BCUT2D eigenvalue weighted by Crippen LogP contribution is -2.46. The molecule has 2 aliphatic rings. The molecule has 0 radical (unpaired) electrons. The van der Waals surface area contributed by atoms with E-state index in [4.69, 9.17) is 9.47 Å². The van der Waals surface area contributed by atoms with Crippen LogP contribution in [0.15, 0.2) is 48.5 Å². The Morgan fingerprint density at radius 1 is 0.778 bits per heavy atom. The number of benzene rings is 2. The third-order valence-corrected chi connectivity index (χ3v) is 5.46. The van der Waals surface area contributed by atoms with Crippen molar-refractivity contribution >= 4 is 0 Å². The SMILES string of the molecule is O[C@@H](CNC[C@H](O)[C@@H]1CCc2ccccc2O1)[C@@H]1CCc2ccccc2O1. The lowest BCUT2D eigenvalue weighted by atomic mass is 9.98. The van der Waals surface area contributed by atoms with Crippen LogP contribution in [0, 0.1) is 0 Å². The van der Waals surface area contributed by atoms with E-state index >= 15 is 0 Å². The normalized spacial score (nSPS) is 23.3. The van der Waals surface area contributed by atoms with Crippen molar-refractivity contribution < 1.29 is 19.7 Å². The van der Waals surface area contributed by atoms with Crippen LogP contribution in [-0.4, -0.2) is 47.7 Å². The molecule has 2 heterocycles. The van der Waals surface area contributed by atoms with E-state index in [0.29, 0.717) is 13.1 Å². The number of fused-ring (bicyclic) bond motifs is 2. The first-order valence-electron chi connectivity index (χ1n) is 9.76. The fourth-order valence-electron chi connectivity index (χ4n) is 3.87. The Labute approximate surface area is 159 Å². The van der Waals surface area contributed by atoms with Crippen molar-refractivity contribution in [2.45, 2.75) is 50.1 Å². The van der Waals surface area contributed by atoms with Crippen LogP contribution in [0.5, 0.6) is 11.5 Å². The minimum Gasteiger partial charge on any atom is -0.487 e. The Kier molecular flexibility index (Phi) is 5.62. The minimum atomic E-state index is -0.612. The van der Waals surface area contributed by atoms with Gasteiger partial charge in [-0.05, 0) is 48.9 Å². The molecule has 144 valence electrons. The summed E-state index contributed by atoms with van der Waals surface area (Å²) >= 11 is 0. The number of rotatable bonds is 6. The van der Waals surface area contributed by atoms with Crippen molar-refractivity contribution in [2.24, 2.45) is 0 Å². The zero-order valence-corrected chi connectivity index (χ0v) is 15.4. The summed E-state index contributed by atoms with van der Waals surface area (Å²) in [5, 5.41) is 24.1. The summed E-state index contributed by atoms with van der Waals surface area (Å²) in [7, 11) is 0. The maximum absolute atomic E-state index is 10.5. The molecule has 2 aliphatic heterocycles. The Morgan fingerprint density at radius 2 is 1.22 bits per heavy atom. The molecule has 0 amide bonds. The monoisotopic (exact) mass is 369 g/mol. The van der Waals surface area contributed by atoms with Gasteiger partial charge in [-0.15, -0.1) is 0 Å². The summed E-state index contributed by atoms with van der Waals surface area (Å²) in [5.74, 6) is 1.73. The molecule has 0 saturated heterocycles. The molecule has 0 unspecified atom stereocenters. The number of ether oxygens (including phenoxy) is 2. The minimum absolute atomic E-state index is 0.220. The number of aliphatic hydroxyl groups is 2. The summed E-state index contributed by atoms with van der Waals surface area (Å²) in [6.07, 6.45) is 1.75. The van der Waals surface area contributed by atoms with Gasteiger partial charge in [0.2, 0.25) is 0 Å². The van der Waals surface area contributed by atoms with Gasteiger partial charge in [0.15, 0.2) is 0 Å². The van der Waals surface area contributed by atoms with E-state index in [2.05, 4.69) is 17.4 Å². The molecule has 0 aromatic heterocycles. The third-order valence-electron chi connectivity index (χ3n) is 5.46. The largest absolute Gasteiger partial charge is 0.487 e. The fourth-order valence-corrected chi connectivity index (χ4v) is 3.87. The zero-order valence-electron chi connectivity index (χ0n) is 15.4. The van der Waals surface area contributed by atoms with E-state index in [1.54, 1.807) is 0 Å². The smallest absolute Gasteiger partial charge is 0.126 e. The average Bonchev–Trinajstić information content (AvgIpc) is 2.72. The van der Waals surface area contributed by atoms with E-state index in [-0.39, 0.29) is 12.2 Å². The van der Waals surface area contributed by atoms with E-state index in [1.165, 1.54) is 11.1 Å². The third kappa shape index (κ3) is 4.26. The number of para-hydroxylation sites is 2. The van der Waals surface area contributed by atoms with Crippen molar-refractivity contribution in [3.8, 4) is 11.5 Å². The summed E-state index contributed by atoms with van der Waals surface area (Å²) in [4.78, 5) is 0. The van der Waals surface area contributed by atoms with Crippen LogP contribution in [-0.2, 0) is 12.8 Å². The molecule has 0 aliphatic carbocycles. The summed E-state index contributed by atoms with van der Waals surface area (Å²) in [6, 6.07) is 15.9. The van der Waals surface area contributed by atoms with E-state index in [9.17, 15) is 10.2 Å². The molecule has 27 heavy (non-hydrogen) atoms. The average molecular weight is 369 g/mol. The highest BCUT2D eigenvalue weighted by Crippen LogP contribution is 2.29. The molecular formula is C22H27NO4. The highest BCUT2D eigenvalue weighted by Gasteiger charge is 2.28. The first-order valence-corrected chi connectivity index (χ1v) is 9.76. The van der Waals surface area contributed by atoms with E-state index in [1.807, 2.05) is 36.4 Å². The lowest BCUT2D eigenvalue weighted by Gasteiger charge is -2.31. The topological polar surface area (TPSA) is 71.0 Å². The predicted molar refractivity (Wildman–Crippen MR) is 103 cm³/mol. The van der Waals surface area contributed by atoms with Crippen LogP contribution in [0.4, 0.5) is 0 Å². The van der Waals surface area contributed by atoms with Gasteiger partial charge >= 0.3 is 0 Å². The lowest BCUT2D eigenvalue weighted by molar-refractivity contribution is 0.00900. The second-order valence-electron chi connectivity index (χ2n) is 7.40. The zero-order chi connectivity index (χ0) is 18.6. The van der Waals surface area contributed by atoms with Gasteiger partial charge in [0, 0.05) is 13.1 Å². The Bertz CT molecular complexity index is 702. The van der Waals surface area contributed by atoms with Crippen molar-refractivity contribution in [3.63, 3.8) is 0 Å². The number of aliphatic hydroxyl groups excluding tert-OH is 2. The molecule has 0 spiro atoms. The summed E-state index contributed by atoms with van der Waals surface area (Å²) in [6.45, 7) is 0.764. The molecule has 5 heteroatoms. The number of hydrogen-bond donors (Lipinski definition) is 3. The molecule has 4 rings (SSSR count). The molecule has 0 fully saturated rings. The first kappa shape index (κ1) is 18.3. The van der Waals surface area contributed by atoms with Crippen molar-refractivity contribution in [2.75, 3.05) is 13.1 Å². The fraction of sp³-hybridized carbons (Fsp3) is 0.455. The quantitative estimate of drug-likeness (QED) is 0.727. The van der Waals surface area contributed by atoms with Gasteiger partial charge in [-0.2, -0.15) is 0 Å². The molecule has 0 bridgehead atoms. The van der Waals surface area contributed by atoms with Crippen LogP contribution < -0.4 is 14.8 Å². The van der Waals surface area contributed by atoms with Crippen molar-refractivity contribution in [1.82, 2.24) is 5.32 Å². The van der Waals surface area contributed by atoms with Crippen molar-refractivity contribution in [3.05, 3.63) is 59.7 Å². The van der Waals surface area contributed by atoms with Crippen LogP contribution in [0.3, 0.4) is 0 Å². The van der Waals surface area contributed by atoms with Crippen molar-refractivity contribution in [1.29, 1.82) is 0 Å². The summed E-state index contributed by atoms with van der Waals surface area (Å²) < 4.78 is 11.9. The number of nitrogens with one attached hydrogen (secondary N) is 1. The second kappa shape index (κ2) is 8.30. The Balaban J connectivity index is 1.23. The highest BCUT2D eigenvalue weighted by atomic mass is 16.5. The molecule has 2 aromatic carbocycles. The first-order chi connectivity index (χ1) is 13.2. The van der Waals surface area contributed by atoms with Crippen LogP contribution in [0.1, 0.15) is 24.0 Å². The van der Waals surface area contributed by atoms with Crippen LogP contribution >= 0.6 is 0 Å². The van der Waals surface area contributed by atoms with Gasteiger partial charge in [0.05, 0.1) is 0 Å². The van der Waals surface area contributed by atoms with E-state index < -0.39 is 12.2 Å². The van der Waals surface area contributed by atoms with Crippen LogP contribution in [0.2, 0.25) is 0 Å². The number of hydrogen-bond acceptors (Lipinski definition) is 5. The van der Waals surface area contributed by atoms with Gasteiger partial charge in [-0.1, -0.05) is 36.4 Å². The molecule has 3 N–H and O–H groups in total. The second-order valence-corrected chi connectivity index (χ2v) is 7.40. The highest BCUT2D eigenvalue weighted by molar-refractivity contribution is 5.36. The molecule has 0 saturated carbocycles. The molecule has 4 atom stereocenters. The summed E-state index contributed by atoms with van der Waals surface area (Å²) in [5.41, 5.74) is 2.39. The molecular weight excluding hydrogens is 342 g/mol. The van der Waals surface area contributed by atoms with Crippen LogP contribution in [0.25, 0.3) is 0 Å². The predicted octanol–water partition coefficient (Wildman–Crippen LogP) is 2.09. The standard InChI is InChI=1S/C22H27NO4/c24-17(21-11-9-15-5-1-3-7-19(15)26-21)13-23-14-18(25)22-12-10-16-6-2-4-8-20(16)27-22/h1-8,17-18,21-25H,9-14H2/t17-,18-,21-,22-/m0/s1. The van der Waals surface area contributed by atoms with E-state index in [0.717, 1.165) is 37.2 Å². The maximum Gasteiger partial charge on any atom is 0.126 e. The molecule has 5 nitrogen and oxygen atoms in total. The van der Waals surface area contributed by atoms with Gasteiger partial charge < -0.3 is 25.0 Å². The Hall–Kier alpha value is -2.08. The maximum atomic E-state index is 10.5. The van der Waals surface area contributed by atoms with Gasteiger partial charge in [0.25, 0.3) is 0 Å². The molecule has 2 aromatic rings.